The number of carbonyl (C=O) groups is 4. The third-order valence-corrected chi connectivity index (χ3v) is 10.6. The lowest BCUT2D eigenvalue weighted by Crippen LogP contribution is -2.48. The number of nitrogens with one attached hydrogen (secondary N) is 4. The summed E-state index contributed by atoms with van der Waals surface area (Å²) in [6.07, 6.45) is 2.32. The van der Waals surface area contributed by atoms with Crippen LogP contribution >= 0.6 is 0 Å². The molecule has 2 aromatic heterocycles. The van der Waals surface area contributed by atoms with Gasteiger partial charge in [0.25, 0.3) is 0 Å². The maximum Gasteiger partial charge on any atom is 0.407 e. The van der Waals surface area contributed by atoms with Crippen molar-refractivity contribution >= 4 is 45.8 Å². The van der Waals surface area contributed by atoms with E-state index >= 15 is 0 Å². The smallest absolute Gasteiger partial charge is 0.407 e. The van der Waals surface area contributed by atoms with E-state index in [1.165, 1.54) is 14.2 Å². The molecule has 6 aromatic rings. The highest BCUT2D eigenvalue weighted by atomic mass is 16.5. The Morgan fingerprint density at radius 1 is 0.800 bits per heavy atom. The fourth-order valence-corrected chi connectivity index (χ4v) is 7.66. The van der Waals surface area contributed by atoms with E-state index in [1.54, 1.807) is 28.1 Å². The van der Waals surface area contributed by atoms with E-state index in [4.69, 9.17) is 19.2 Å². The number of ether oxygens (including phenoxy) is 3. The van der Waals surface area contributed by atoms with Crippen molar-refractivity contribution in [1.29, 1.82) is 0 Å². The molecule has 0 spiro atoms. The summed E-state index contributed by atoms with van der Waals surface area (Å²) < 4.78 is 15.9. The molecule has 4 aromatic carbocycles. The van der Waals surface area contributed by atoms with Crippen molar-refractivity contribution in [2.75, 3.05) is 27.3 Å². The predicted octanol–water partition coefficient (Wildman–Crippen LogP) is 7.37. The lowest BCUT2D eigenvalue weighted by molar-refractivity contribution is -0.135. The van der Waals surface area contributed by atoms with Gasteiger partial charge in [0.1, 0.15) is 36.1 Å². The summed E-state index contributed by atoms with van der Waals surface area (Å²) in [7, 11) is 2.55. The molecule has 4 N–H and O–H groups in total. The Hall–Kier alpha value is -6.90. The Kier molecular flexibility index (Phi) is 12.6. The van der Waals surface area contributed by atoms with Gasteiger partial charge in [-0.15, -0.1) is 0 Å². The molecule has 15 heteroatoms. The summed E-state index contributed by atoms with van der Waals surface area (Å²) in [4.78, 5) is 71.3. The molecule has 0 fully saturated rings. The number of aromatic nitrogens is 4. The normalized spacial score (nSPS) is 12.8. The van der Waals surface area contributed by atoms with Gasteiger partial charge >= 0.3 is 12.2 Å². The van der Waals surface area contributed by atoms with Crippen LogP contribution in [0.2, 0.25) is 0 Å². The van der Waals surface area contributed by atoms with Crippen molar-refractivity contribution in [1.82, 2.24) is 40.4 Å². The molecule has 0 bridgehead atoms. The van der Waals surface area contributed by atoms with E-state index in [-0.39, 0.29) is 24.9 Å². The third-order valence-electron chi connectivity index (χ3n) is 10.6. The van der Waals surface area contributed by atoms with Crippen LogP contribution in [0.15, 0.2) is 79.0 Å². The lowest BCUT2D eigenvalue weighted by atomic mass is 9.92. The number of hydrogen-bond acceptors (Lipinski definition) is 9. The number of nitrogens with zero attached hydrogens (tertiary/aromatic N) is 4. The summed E-state index contributed by atoms with van der Waals surface area (Å²) in [6, 6.07) is 21.9. The fraction of sp³-hybridized carbons (Fsp3) is 0.333. The highest BCUT2D eigenvalue weighted by Crippen LogP contribution is 2.42. The molecule has 1 aliphatic heterocycles. The highest BCUT2D eigenvalue weighted by molar-refractivity contribution is 6.07. The van der Waals surface area contributed by atoms with Crippen molar-refractivity contribution in [3.8, 4) is 28.1 Å². The Balaban J connectivity index is 1.10. The van der Waals surface area contributed by atoms with Crippen molar-refractivity contribution in [2.24, 2.45) is 0 Å². The molecule has 3 heterocycles. The van der Waals surface area contributed by atoms with Crippen LogP contribution in [0.3, 0.4) is 0 Å². The topological polar surface area (TPSA) is 184 Å². The molecule has 0 unspecified atom stereocenters. The molecule has 60 heavy (non-hydrogen) atoms. The molecule has 15 nitrogen and oxygen atoms in total. The molecule has 0 saturated heterocycles. The average Bonchev–Trinajstić information content (AvgIpc) is 3.93. The molecule has 4 amide bonds. The number of aromatic amines is 2. The Morgan fingerprint density at radius 2 is 1.52 bits per heavy atom. The minimum absolute atomic E-state index is 0.193. The maximum absolute atomic E-state index is 13.9. The van der Waals surface area contributed by atoms with Gasteiger partial charge in [0, 0.05) is 24.0 Å². The number of H-pyrrole nitrogens is 2. The minimum atomic E-state index is -0.917. The minimum Gasteiger partial charge on any atom is -0.488 e. The van der Waals surface area contributed by atoms with Crippen LogP contribution in [-0.4, -0.2) is 87.1 Å². The van der Waals surface area contributed by atoms with Gasteiger partial charge in [-0.3, -0.25) is 9.59 Å². The second-order valence-electron chi connectivity index (χ2n) is 14.7. The highest BCUT2D eigenvalue weighted by Gasteiger charge is 2.29. The van der Waals surface area contributed by atoms with E-state index in [9.17, 15) is 19.2 Å². The number of alkyl carbamates (subject to hydrolysis) is 2. The van der Waals surface area contributed by atoms with E-state index in [1.807, 2.05) is 57.2 Å². The number of benzene rings is 4. The first kappa shape index (κ1) is 41.3. The third kappa shape index (κ3) is 8.75. The van der Waals surface area contributed by atoms with Crippen LogP contribution in [0.1, 0.15) is 68.9 Å². The lowest BCUT2D eigenvalue weighted by Gasteiger charge is -2.27. The summed E-state index contributed by atoms with van der Waals surface area (Å²) in [5, 5.41) is 7.26. The standard InChI is InChI=1S/C45H50N8O7/c1-6-18-52(42(54)34(8-3)49-44(56)58-4)25-39-47-35-17-15-28-21-33-31-16-14-29(20-30(31)26-60-37(33)22-32(28)41(35)50-39)36-23-46-38(48-36)24-53(19-7-2)43(55)40(51-45(57)59-5)27-12-10-9-11-13-27/h9-17,20-23,34,40H,6-8,18-19,24-26H2,1-5H3,(H,46,48)(H,47,50)(H,49,56)(H,51,57)/t34-,40+/m0/s1. The predicted molar refractivity (Wildman–Crippen MR) is 227 cm³/mol. The van der Waals surface area contributed by atoms with Crippen LogP contribution in [0.25, 0.3) is 44.2 Å². The fourth-order valence-electron chi connectivity index (χ4n) is 7.66. The van der Waals surface area contributed by atoms with Crippen molar-refractivity contribution in [3.63, 3.8) is 0 Å². The quantitative estimate of drug-likeness (QED) is 0.0822. The van der Waals surface area contributed by atoms with E-state index < -0.39 is 24.3 Å². The van der Waals surface area contributed by atoms with Crippen molar-refractivity contribution in [2.45, 2.75) is 71.8 Å². The number of imidazole rings is 2. The SMILES string of the molecule is CCCN(Cc1nc2c(ccc3cc4c(cc32)OCc2cc(-c3cnc(CN(CCC)C(=O)[C@H](NC(=O)OC)c5ccccc5)[nH]3)ccc2-4)[nH]1)C(=O)[C@H](CC)NC(=O)OC. The largest absolute Gasteiger partial charge is 0.488 e. The molecule has 0 aliphatic carbocycles. The van der Waals surface area contributed by atoms with Gasteiger partial charge in [-0.25, -0.2) is 19.6 Å². The number of fused-ring (bicyclic) bond motifs is 6. The second kappa shape index (κ2) is 18.4. The van der Waals surface area contributed by atoms with Gasteiger partial charge < -0.3 is 44.6 Å². The van der Waals surface area contributed by atoms with Crippen molar-refractivity contribution < 1.29 is 33.4 Å². The number of amides is 4. The van der Waals surface area contributed by atoms with Crippen LogP contribution < -0.4 is 15.4 Å². The molecular formula is C45H50N8O7. The van der Waals surface area contributed by atoms with E-state index in [0.29, 0.717) is 49.8 Å². The molecule has 0 radical (unpaired) electrons. The number of methoxy groups -OCH3 is 2. The zero-order valence-corrected chi connectivity index (χ0v) is 34.5. The molecular weight excluding hydrogens is 765 g/mol. The average molecular weight is 815 g/mol. The van der Waals surface area contributed by atoms with Crippen molar-refractivity contribution in [3.05, 3.63) is 102 Å². The van der Waals surface area contributed by atoms with Gasteiger partial charge in [0.2, 0.25) is 11.8 Å². The summed E-state index contributed by atoms with van der Waals surface area (Å²) >= 11 is 0. The summed E-state index contributed by atoms with van der Waals surface area (Å²) in [5.74, 6) is 1.55. The molecule has 1 aliphatic rings. The Bertz CT molecular complexity index is 2520. The van der Waals surface area contributed by atoms with Gasteiger partial charge in [-0.2, -0.15) is 0 Å². The zero-order valence-electron chi connectivity index (χ0n) is 34.5. The first-order chi connectivity index (χ1) is 29.1. The Labute approximate surface area is 347 Å². The van der Waals surface area contributed by atoms with E-state index in [2.05, 4.69) is 49.9 Å². The molecule has 0 saturated carbocycles. The second-order valence-corrected chi connectivity index (χ2v) is 14.7. The number of hydrogen-bond donors (Lipinski definition) is 4. The monoisotopic (exact) mass is 814 g/mol. The first-order valence-electron chi connectivity index (χ1n) is 20.2. The van der Waals surface area contributed by atoms with Crippen LogP contribution in [-0.2, 0) is 38.8 Å². The maximum atomic E-state index is 13.9. The Morgan fingerprint density at radius 3 is 2.23 bits per heavy atom. The first-order valence-corrected chi connectivity index (χ1v) is 20.2. The number of carbonyl (C=O) groups excluding carboxylic acids is 4. The van der Waals surface area contributed by atoms with Gasteiger partial charge in [0.15, 0.2) is 0 Å². The van der Waals surface area contributed by atoms with Gasteiger partial charge in [0.05, 0.1) is 50.2 Å². The molecule has 312 valence electrons. The van der Waals surface area contributed by atoms with Gasteiger partial charge in [-0.1, -0.05) is 69.3 Å². The van der Waals surface area contributed by atoms with Crippen LogP contribution in [0, 0.1) is 0 Å². The summed E-state index contributed by atoms with van der Waals surface area (Å²) in [6.45, 7) is 7.66. The van der Waals surface area contributed by atoms with Crippen LogP contribution in [0.5, 0.6) is 5.75 Å². The van der Waals surface area contributed by atoms with Crippen LogP contribution in [0.4, 0.5) is 9.59 Å². The zero-order chi connectivity index (χ0) is 42.3. The summed E-state index contributed by atoms with van der Waals surface area (Å²) in [5.41, 5.74) is 7.07. The number of rotatable bonds is 15. The molecule has 2 atom stereocenters. The van der Waals surface area contributed by atoms with E-state index in [0.717, 1.165) is 61.9 Å². The molecule has 7 rings (SSSR count). The van der Waals surface area contributed by atoms with Gasteiger partial charge in [-0.05, 0) is 71.2 Å².